The van der Waals surface area contributed by atoms with Gasteiger partial charge in [0.25, 0.3) is 0 Å². The van der Waals surface area contributed by atoms with Crippen LogP contribution < -0.4 is 0 Å². The molecule has 0 fully saturated rings. The molecule has 5 nitrogen and oxygen atoms in total. The number of aryl methyl sites for hydroxylation is 1. The summed E-state index contributed by atoms with van der Waals surface area (Å²) in [7, 11) is 1.95. The Balaban J connectivity index is 1.68. The average Bonchev–Trinajstić information content (AvgIpc) is 3.30. The number of rotatable bonds is 6. The van der Waals surface area contributed by atoms with Crippen LogP contribution in [-0.4, -0.2) is 30.9 Å². The predicted molar refractivity (Wildman–Crippen MR) is 117 cm³/mol. The molecule has 2 aromatic carbocycles. The van der Waals surface area contributed by atoms with Gasteiger partial charge >= 0.3 is 0 Å². The van der Waals surface area contributed by atoms with Gasteiger partial charge in [-0.15, -0.1) is 10.2 Å². The standard InChI is InChI=1S/C23H21FN4OS/c1-15-13-20(16(2)27(15)3)21(29)14-30-23-26-25-22(17-7-5-4-6-8-17)28(23)19-11-9-18(24)10-12-19/h4-13H,14H2,1-3H3. The Kier molecular flexibility index (Phi) is 5.55. The summed E-state index contributed by atoms with van der Waals surface area (Å²) in [5.74, 6) is 0.602. The lowest BCUT2D eigenvalue weighted by Gasteiger charge is -2.10. The minimum atomic E-state index is -0.313. The van der Waals surface area contributed by atoms with Crippen LogP contribution in [0.4, 0.5) is 4.39 Å². The van der Waals surface area contributed by atoms with E-state index in [0.29, 0.717) is 11.0 Å². The number of halogens is 1. The molecule has 0 aliphatic rings. The van der Waals surface area contributed by atoms with Gasteiger partial charge in [-0.3, -0.25) is 9.36 Å². The van der Waals surface area contributed by atoms with E-state index < -0.39 is 0 Å². The van der Waals surface area contributed by atoms with Crippen LogP contribution in [0, 0.1) is 19.7 Å². The SMILES string of the molecule is Cc1cc(C(=O)CSc2nnc(-c3ccccc3)n2-c2ccc(F)cc2)c(C)n1C. The molecule has 2 aromatic heterocycles. The van der Waals surface area contributed by atoms with Crippen LogP contribution in [0.3, 0.4) is 0 Å². The minimum absolute atomic E-state index is 0.0381. The van der Waals surface area contributed by atoms with Gasteiger partial charge in [-0.2, -0.15) is 0 Å². The van der Waals surface area contributed by atoms with Gasteiger partial charge < -0.3 is 4.57 Å². The summed E-state index contributed by atoms with van der Waals surface area (Å²) < 4.78 is 17.3. The molecule has 4 aromatic rings. The van der Waals surface area contributed by atoms with Gasteiger partial charge in [-0.05, 0) is 44.2 Å². The minimum Gasteiger partial charge on any atom is -0.351 e. The molecule has 0 saturated carbocycles. The number of aromatic nitrogens is 4. The van der Waals surface area contributed by atoms with Gasteiger partial charge in [0, 0.05) is 35.2 Å². The zero-order valence-corrected chi connectivity index (χ0v) is 17.8. The van der Waals surface area contributed by atoms with E-state index in [1.807, 2.05) is 66.4 Å². The van der Waals surface area contributed by atoms with E-state index in [9.17, 15) is 9.18 Å². The number of benzene rings is 2. The molecule has 0 aliphatic carbocycles. The van der Waals surface area contributed by atoms with Crippen molar-refractivity contribution >= 4 is 17.5 Å². The molecule has 0 spiro atoms. The topological polar surface area (TPSA) is 52.7 Å². The second kappa shape index (κ2) is 8.28. The van der Waals surface area contributed by atoms with Crippen molar-refractivity contribution in [1.29, 1.82) is 0 Å². The first-order chi connectivity index (χ1) is 14.5. The van der Waals surface area contributed by atoms with Crippen LogP contribution in [-0.2, 0) is 7.05 Å². The van der Waals surface area contributed by atoms with Crippen LogP contribution in [0.5, 0.6) is 0 Å². The first-order valence-corrected chi connectivity index (χ1v) is 10.5. The number of hydrogen-bond acceptors (Lipinski definition) is 4. The van der Waals surface area contributed by atoms with Gasteiger partial charge in [-0.1, -0.05) is 42.1 Å². The summed E-state index contributed by atoms with van der Waals surface area (Å²) in [5.41, 5.74) is 4.34. The van der Waals surface area contributed by atoms with Crippen molar-refractivity contribution in [3.8, 4) is 17.1 Å². The summed E-state index contributed by atoms with van der Waals surface area (Å²) >= 11 is 1.33. The van der Waals surface area contributed by atoms with E-state index in [2.05, 4.69) is 10.2 Å². The van der Waals surface area contributed by atoms with Gasteiger partial charge in [0.15, 0.2) is 16.8 Å². The van der Waals surface area contributed by atoms with E-state index in [1.54, 1.807) is 12.1 Å². The highest BCUT2D eigenvalue weighted by atomic mass is 32.2. The van der Waals surface area contributed by atoms with E-state index in [-0.39, 0.29) is 17.4 Å². The largest absolute Gasteiger partial charge is 0.351 e. The Morgan fingerprint density at radius 1 is 1.03 bits per heavy atom. The number of ketones is 1. The zero-order chi connectivity index (χ0) is 21.3. The second-order valence-corrected chi connectivity index (χ2v) is 7.98. The number of hydrogen-bond donors (Lipinski definition) is 0. The molecular formula is C23H21FN4OS. The molecule has 0 bridgehead atoms. The Labute approximate surface area is 178 Å². The maximum absolute atomic E-state index is 13.5. The summed E-state index contributed by atoms with van der Waals surface area (Å²) in [6.07, 6.45) is 0. The predicted octanol–water partition coefficient (Wildman–Crippen LogP) is 5.00. The van der Waals surface area contributed by atoms with Gasteiger partial charge in [0.1, 0.15) is 5.82 Å². The van der Waals surface area contributed by atoms with E-state index in [0.717, 1.165) is 28.2 Å². The maximum Gasteiger partial charge on any atom is 0.196 e. The molecular weight excluding hydrogens is 399 g/mol. The van der Waals surface area contributed by atoms with Crippen LogP contribution in [0.2, 0.25) is 0 Å². The third kappa shape index (κ3) is 3.80. The third-order valence-electron chi connectivity index (χ3n) is 5.16. The van der Waals surface area contributed by atoms with Crippen LogP contribution in [0.25, 0.3) is 17.1 Å². The second-order valence-electron chi connectivity index (χ2n) is 7.04. The van der Waals surface area contributed by atoms with Gasteiger partial charge in [-0.25, -0.2) is 4.39 Å². The van der Waals surface area contributed by atoms with Crippen molar-refractivity contribution in [3.05, 3.63) is 83.4 Å². The summed E-state index contributed by atoms with van der Waals surface area (Å²) in [5, 5.41) is 9.26. The fourth-order valence-electron chi connectivity index (χ4n) is 3.31. The van der Waals surface area contributed by atoms with Crippen LogP contribution >= 0.6 is 11.8 Å². The highest BCUT2D eigenvalue weighted by Crippen LogP contribution is 2.29. The Bertz CT molecular complexity index is 1200. The highest BCUT2D eigenvalue weighted by Gasteiger charge is 2.19. The zero-order valence-electron chi connectivity index (χ0n) is 17.0. The summed E-state index contributed by atoms with van der Waals surface area (Å²) in [6, 6.07) is 17.8. The Hall–Kier alpha value is -3.19. The monoisotopic (exact) mass is 420 g/mol. The number of nitrogens with zero attached hydrogens (tertiary/aromatic N) is 4. The van der Waals surface area contributed by atoms with Crippen molar-refractivity contribution in [1.82, 2.24) is 19.3 Å². The van der Waals surface area contributed by atoms with Crippen LogP contribution in [0.15, 0.2) is 65.8 Å². The number of carbonyl (C=O) groups excluding carboxylic acids is 1. The van der Waals surface area contributed by atoms with Gasteiger partial charge in [0.2, 0.25) is 0 Å². The van der Waals surface area contributed by atoms with Crippen molar-refractivity contribution in [2.24, 2.45) is 7.05 Å². The summed E-state index contributed by atoms with van der Waals surface area (Å²) in [4.78, 5) is 12.8. The molecule has 0 atom stereocenters. The highest BCUT2D eigenvalue weighted by molar-refractivity contribution is 7.99. The first-order valence-electron chi connectivity index (χ1n) is 9.51. The molecule has 0 unspecified atom stereocenters. The molecule has 0 saturated heterocycles. The van der Waals surface area contributed by atoms with Crippen molar-refractivity contribution < 1.29 is 9.18 Å². The van der Waals surface area contributed by atoms with E-state index >= 15 is 0 Å². The summed E-state index contributed by atoms with van der Waals surface area (Å²) in [6.45, 7) is 3.92. The maximum atomic E-state index is 13.5. The Morgan fingerprint density at radius 3 is 2.37 bits per heavy atom. The molecule has 0 amide bonds. The van der Waals surface area contributed by atoms with Crippen molar-refractivity contribution in [3.63, 3.8) is 0 Å². The lowest BCUT2D eigenvalue weighted by Crippen LogP contribution is -2.06. The van der Waals surface area contributed by atoms with E-state index in [4.69, 9.17) is 0 Å². The molecule has 7 heteroatoms. The number of Topliss-reactive ketones (excluding diaryl/α,β-unsaturated/α-hetero) is 1. The normalized spacial score (nSPS) is 11.1. The third-order valence-corrected chi connectivity index (χ3v) is 6.09. The molecule has 152 valence electrons. The van der Waals surface area contributed by atoms with Crippen molar-refractivity contribution in [2.75, 3.05) is 5.75 Å². The fourth-order valence-corrected chi connectivity index (χ4v) is 4.14. The average molecular weight is 421 g/mol. The first kappa shape index (κ1) is 20.1. The molecule has 30 heavy (non-hydrogen) atoms. The quantitative estimate of drug-likeness (QED) is 0.325. The van der Waals surface area contributed by atoms with Gasteiger partial charge in [0.05, 0.1) is 5.75 Å². The lowest BCUT2D eigenvalue weighted by molar-refractivity contribution is 0.102. The fraction of sp³-hybridized carbons (Fsp3) is 0.174. The number of thioether (sulfide) groups is 1. The van der Waals surface area contributed by atoms with E-state index in [1.165, 1.54) is 23.9 Å². The van der Waals surface area contributed by atoms with Crippen LogP contribution in [0.1, 0.15) is 21.7 Å². The lowest BCUT2D eigenvalue weighted by atomic mass is 10.2. The molecule has 0 aliphatic heterocycles. The molecule has 4 rings (SSSR count). The van der Waals surface area contributed by atoms with Crippen molar-refractivity contribution in [2.45, 2.75) is 19.0 Å². The molecule has 2 heterocycles. The Morgan fingerprint density at radius 2 is 1.73 bits per heavy atom. The molecule has 0 N–H and O–H groups in total. The molecule has 0 radical (unpaired) electrons. The smallest absolute Gasteiger partial charge is 0.196 e. The number of carbonyl (C=O) groups is 1.